The Kier molecular flexibility index (Phi) is 5.26. The normalized spacial score (nSPS) is 13.0. The summed E-state index contributed by atoms with van der Waals surface area (Å²) in [5.74, 6) is -2.07. The van der Waals surface area contributed by atoms with Crippen molar-refractivity contribution >= 4 is 21.4 Å². The Hall–Kier alpha value is -2.10. The molecule has 0 amide bonds. The number of sulfonamides is 1. The molecule has 132 valence electrons. The maximum Gasteiger partial charge on any atom is 0.215 e. The van der Waals surface area contributed by atoms with E-state index in [1.165, 1.54) is 11.3 Å². The zero-order valence-electron chi connectivity index (χ0n) is 13.0. The van der Waals surface area contributed by atoms with Crippen molar-refractivity contribution < 1.29 is 17.2 Å². The molecular weight excluding hydrogens is 368 g/mol. The van der Waals surface area contributed by atoms with Crippen molar-refractivity contribution in [3.05, 3.63) is 76.2 Å². The standard InChI is InChI=1S/C16H15F2N3O2S2/c17-13-4-5-14(18)12(9-13)11-25(22,23)20-10-15(16-3-1-8-24-16)21-7-2-6-19-21/h1-9,15,20H,10-11H2. The fraction of sp³-hybridized carbons (Fsp3) is 0.188. The Morgan fingerprint density at radius 3 is 2.76 bits per heavy atom. The summed E-state index contributed by atoms with van der Waals surface area (Å²) in [7, 11) is -3.84. The first-order chi connectivity index (χ1) is 11.9. The van der Waals surface area contributed by atoms with Gasteiger partial charge in [-0.2, -0.15) is 5.10 Å². The Morgan fingerprint density at radius 1 is 1.24 bits per heavy atom. The van der Waals surface area contributed by atoms with Crippen LogP contribution in [0.15, 0.2) is 54.2 Å². The third-order valence-electron chi connectivity index (χ3n) is 3.57. The van der Waals surface area contributed by atoms with Gasteiger partial charge in [0.1, 0.15) is 11.6 Å². The molecule has 0 fully saturated rings. The van der Waals surface area contributed by atoms with Crippen LogP contribution in [0.5, 0.6) is 0 Å². The van der Waals surface area contributed by atoms with Gasteiger partial charge in [0.2, 0.25) is 10.0 Å². The Labute approximate surface area is 148 Å². The summed E-state index contributed by atoms with van der Waals surface area (Å²) in [6.45, 7) is 0.0570. The molecule has 0 saturated heterocycles. The number of thiophene rings is 1. The summed E-state index contributed by atoms with van der Waals surface area (Å²) >= 11 is 1.48. The highest BCUT2D eigenvalue weighted by atomic mass is 32.2. The van der Waals surface area contributed by atoms with E-state index < -0.39 is 27.4 Å². The molecule has 0 aliphatic rings. The average Bonchev–Trinajstić information content (AvgIpc) is 3.25. The maximum absolute atomic E-state index is 13.7. The molecular formula is C16H15F2N3O2S2. The lowest BCUT2D eigenvalue weighted by molar-refractivity contribution is 0.510. The van der Waals surface area contributed by atoms with Gasteiger partial charge >= 0.3 is 0 Å². The molecule has 0 spiro atoms. The minimum absolute atomic E-state index is 0.0570. The van der Waals surface area contributed by atoms with Crippen LogP contribution in [0.2, 0.25) is 0 Å². The van der Waals surface area contributed by atoms with Gasteiger partial charge in [0.25, 0.3) is 0 Å². The smallest absolute Gasteiger partial charge is 0.215 e. The first-order valence-corrected chi connectivity index (χ1v) is 9.91. The van der Waals surface area contributed by atoms with Crippen molar-refractivity contribution in [1.29, 1.82) is 0 Å². The Balaban J connectivity index is 1.75. The van der Waals surface area contributed by atoms with Crippen molar-refractivity contribution in [2.75, 3.05) is 6.54 Å². The fourth-order valence-electron chi connectivity index (χ4n) is 2.39. The van der Waals surface area contributed by atoms with Gasteiger partial charge in [-0.15, -0.1) is 11.3 Å². The summed E-state index contributed by atoms with van der Waals surface area (Å²) in [5.41, 5.74) is -0.209. The first kappa shape index (κ1) is 17.7. The molecule has 25 heavy (non-hydrogen) atoms. The molecule has 1 atom stereocenters. The van der Waals surface area contributed by atoms with Crippen LogP contribution >= 0.6 is 11.3 Å². The number of hydrogen-bond acceptors (Lipinski definition) is 4. The summed E-state index contributed by atoms with van der Waals surface area (Å²) in [6.07, 6.45) is 3.35. The molecule has 3 rings (SSSR count). The molecule has 0 aliphatic heterocycles. The number of rotatable bonds is 7. The van der Waals surface area contributed by atoms with E-state index in [2.05, 4.69) is 9.82 Å². The molecule has 5 nitrogen and oxygen atoms in total. The van der Waals surface area contributed by atoms with Crippen LogP contribution in [0, 0.1) is 11.6 Å². The number of aromatic nitrogens is 2. The minimum Gasteiger partial charge on any atom is -0.263 e. The van der Waals surface area contributed by atoms with Crippen LogP contribution < -0.4 is 4.72 Å². The molecule has 3 aromatic rings. The van der Waals surface area contributed by atoms with Gasteiger partial charge in [-0.25, -0.2) is 21.9 Å². The van der Waals surface area contributed by atoms with Gasteiger partial charge in [0.05, 0.1) is 11.8 Å². The van der Waals surface area contributed by atoms with Crippen LogP contribution in [0.3, 0.4) is 0 Å². The predicted octanol–water partition coefficient (Wildman–Crippen LogP) is 2.93. The first-order valence-electron chi connectivity index (χ1n) is 7.38. The summed E-state index contributed by atoms with van der Waals surface area (Å²) < 4.78 is 55.6. The van der Waals surface area contributed by atoms with E-state index in [9.17, 15) is 17.2 Å². The van der Waals surface area contributed by atoms with Crippen LogP contribution in [-0.4, -0.2) is 24.7 Å². The van der Waals surface area contributed by atoms with E-state index in [1.54, 1.807) is 23.1 Å². The topological polar surface area (TPSA) is 64.0 Å². The Bertz CT molecular complexity index is 892. The highest BCUT2D eigenvalue weighted by Crippen LogP contribution is 2.22. The van der Waals surface area contributed by atoms with Crippen LogP contribution in [0.1, 0.15) is 16.5 Å². The van der Waals surface area contributed by atoms with E-state index in [1.807, 2.05) is 17.5 Å². The van der Waals surface area contributed by atoms with Crippen LogP contribution in [0.25, 0.3) is 0 Å². The van der Waals surface area contributed by atoms with Gasteiger partial charge in [0, 0.05) is 29.4 Å². The van der Waals surface area contributed by atoms with E-state index in [-0.39, 0.29) is 18.2 Å². The van der Waals surface area contributed by atoms with Gasteiger partial charge in [-0.3, -0.25) is 4.68 Å². The van der Waals surface area contributed by atoms with Crippen molar-refractivity contribution in [3.63, 3.8) is 0 Å². The molecule has 2 aromatic heterocycles. The number of nitrogens with one attached hydrogen (secondary N) is 1. The summed E-state index contributed by atoms with van der Waals surface area (Å²) in [5, 5.41) is 6.05. The molecule has 1 N–H and O–H groups in total. The van der Waals surface area contributed by atoms with Crippen LogP contribution in [-0.2, 0) is 15.8 Å². The lowest BCUT2D eigenvalue weighted by atomic mass is 10.2. The third kappa shape index (κ3) is 4.50. The average molecular weight is 383 g/mol. The molecule has 0 radical (unpaired) electrons. The lowest BCUT2D eigenvalue weighted by Gasteiger charge is -2.17. The van der Waals surface area contributed by atoms with E-state index in [0.717, 1.165) is 23.1 Å². The second kappa shape index (κ2) is 7.42. The monoisotopic (exact) mass is 383 g/mol. The van der Waals surface area contributed by atoms with Gasteiger partial charge in [-0.05, 0) is 35.7 Å². The van der Waals surface area contributed by atoms with Gasteiger partial charge in [0.15, 0.2) is 0 Å². The van der Waals surface area contributed by atoms with E-state index in [0.29, 0.717) is 0 Å². The van der Waals surface area contributed by atoms with Crippen molar-refractivity contribution in [2.45, 2.75) is 11.8 Å². The van der Waals surface area contributed by atoms with Crippen molar-refractivity contribution in [1.82, 2.24) is 14.5 Å². The highest BCUT2D eigenvalue weighted by molar-refractivity contribution is 7.88. The largest absolute Gasteiger partial charge is 0.263 e. The zero-order chi connectivity index (χ0) is 17.9. The fourth-order valence-corrected chi connectivity index (χ4v) is 4.35. The predicted molar refractivity (Wildman–Crippen MR) is 91.7 cm³/mol. The number of benzene rings is 1. The summed E-state index contributed by atoms with van der Waals surface area (Å²) in [6, 6.07) is 7.94. The molecule has 1 unspecified atom stereocenters. The zero-order valence-corrected chi connectivity index (χ0v) is 14.6. The maximum atomic E-state index is 13.7. The number of halogens is 2. The highest BCUT2D eigenvalue weighted by Gasteiger charge is 2.20. The molecule has 0 saturated carbocycles. The third-order valence-corrected chi connectivity index (χ3v) is 5.84. The number of nitrogens with zero attached hydrogens (tertiary/aromatic N) is 2. The molecule has 1 aromatic carbocycles. The quantitative estimate of drug-likeness (QED) is 0.682. The molecule has 9 heteroatoms. The van der Waals surface area contributed by atoms with Gasteiger partial charge in [-0.1, -0.05) is 6.07 Å². The number of hydrogen-bond donors (Lipinski definition) is 1. The molecule has 0 bridgehead atoms. The summed E-state index contributed by atoms with van der Waals surface area (Å²) in [4.78, 5) is 0.934. The minimum atomic E-state index is -3.84. The van der Waals surface area contributed by atoms with Gasteiger partial charge < -0.3 is 0 Å². The SMILES string of the molecule is O=S(=O)(Cc1cc(F)ccc1F)NCC(c1cccs1)n1cccn1. The van der Waals surface area contributed by atoms with Crippen molar-refractivity contribution in [3.8, 4) is 0 Å². The Morgan fingerprint density at radius 2 is 2.08 bits per heavy atom. The second-order valence-electron chi connectivity index (χ2n) is 5.36. The molecule has 0 aliphatic carbocycles. The van der Waals surface area contributed by atoms with Crippen LogP contribution in [0.4, 0.5) is 8.78 Å². The lowest BCUT2D eigenvalue weighted by Crippen LogP contribution is -2.32. The van der Waals surface area contributed by atoms with Crippen molar-refractivity contribution in [2.24, 2.45) is 0 Å². The van der Waals surface area contributed by atoms with E-state index in [4.69, 9.17) is 0 Å². The second-order valence-corrected chi connectivity index (χ2v) is 8.15. The molecule has 2 heterocycles. The van der Waals surface area contributed by atoms with E-state index >= 15 is 0 Å².